The maximum Gasteiger partial charge on any atom is 0.139 e. The Labute approximate surface area is 140 Å². The highest BCUT2D eigenvalue weighted by Crippen LogP contribution is 2.20. The zero-order valence-electron chi connectivity index (χ0n) is 13.4. The van der Waals surface area contributed by atoms with E-state index in [1.54, 1.807) is 12.5 Å². The van der Waals surface area contributed by atoms with Gasteiger partial charge in [-0.05, 0) is 36.2 Å². The molecular formula is C18H18N6. The summed E-state index contributed by atoms with van der Waals surface area (Å²) in [5, 5.41) is 4.22. The van der Waals surface area contributed by atoms with Crippen molar-refractivity contribution < 1.29 is 0 Å². The van der Waals surface area contributed by atoms with Crippen LogP contribution < -0.4 is 0 Å². The minimum atomic E-state index is 0.879. The van der Waals surface area contributed by atoms with Gasteiger partial charge in [-0.2, -0.15) is 5.10 Å². The van der Waals surface area contributed by atoms with Crippen LogP contribution in [0.15, 0.2) is 67.8 Å². The third-order valence-corrected chi connectivity index (χ3v) is 4.04. The smallest absolute Gasteiger partial charge is 0.139 e. The number of imidazole rings is 2. The summed E-state index contributed by atoms with van der Waals surface area (Å²) in [4.78, 5) is 8.60. The second kappa shape index (κ2) is 6.16. The van der Waals surface area contributed by atoms with Gasteiger partial charge in [0.2, 0.25) is 0 Å². The van der Waals surface area contributed by atoms with Gasteiger partial charge in [0.25, 0.3) is 0 Å². The molecule has 0 atom stereocenters. The number of hydrogen-bond donors (Lipinski definition) is 0. The van der Waals surface area contributed by atoms with Crippen molar-refractivity contribution in [1.29, 1.82) is 0 Å². The lowest BCUT2D eigenvalue weighted by molar-refractivity contribution is 0.701. The zero-order valence-corrected chi connectivity index (χ0v) is 13.4. The Balaban J connectivity index is 1.53. The molecule has 3 heterocycles. The standard InChI is InChI=1S/C18H18N6/c1-22-13-15(12-21-22)6-9-23-11-8-20-18(23)16-2-4-17(5-3-16)24-10-7-19-14-24/h2-5,7-8,10-14H,6,9H2,1H3. The van der Waals surface area contributed by atoms with Gasteiger partial charge in [-0.15, -0.1) is 0 Å². The molecule has 0 aliphatic heterocycles. The minimum Gasteiger partial charge on any atom is -0.331 e. The monoisotopic (exact) mass is 318 g/mol. The van der Waals surface area contributed by atoms with E-state index in [-0.39, 0.29) is 0 Å². The predicted octanol–water partition coefficient (Wildman–Crippen LogP) is 2.71. The molecule has 0 saturated carbocycles. The molecule has 0 bridgehead atoms. The van der Waals surface area contributed by atoms with Crippen molar-refractivity contribution in [2.24, 2.45) is 7.05 Å². The quantitative estimate of drug-likeness (QED) is 0.568. The first-order valence-corrected chi connectivity index (χ1v) is 7.87. The molecule has 0 spiro atoms. The Hall–Kier alpha value is -3.15. The molecule has 24 heavy (non-hydrogen) atoms. The highest BCUT2D eigenvalue weighted by molar-refractivity contribution is 5.57. The maximum atomic E-state index is 4.52. The SMILES string of the molecule is Cn1cc(CCn2ccnc2-c2ccc(-n3ccnc3)cc2)cn1. The number of aromatic nitrogens is 6. The molecule has 120 valence electrons. The van der Waals surface area contributed by atoms with Gasteiger partial charge >= 0.3 is 0 Å². The Morgan fingerprint density at radius 3 is 2.62 bits per heavy atom. The highest BCUT2D eigenvalue weighted by atomic mass is 15.2. The van der Waals surface area contributed by atoms with Gasteiger partial charge in [0, 0.05) is 55.8 Å². The fraction of sp³-hybridized carbons (Fsp3) is 0.167. The molecule has 0 amide bonds. The molecule has 6 nitrogen and oxygen atoms in total. The molecule has 0 aliphatic rings. The van der Waals surface area contributed by atoms with Gasteiger partial charge < -0.3 is 9.13 Å². The predicted molar refractivity (Wildman–Crippen MR) is 91.7 cm³/mol. The van der Waals surface area contributed by atoms with Crippen LogP contribution in [0.4, 0.5) is 0 Å². The number of hydrogen-bond acceptors (Lipinski definition) is 3. The first-order chi connectivity index (χ1) is 11.8. The van der Waals surface area contributed by atoms with Gasteiger partial charge in [0.1, 0.15) is 5.82 Å². The highest BCUT2D eigenvalue weighted by Gasteiger charge is 2.07. The van der Waals surface area contributed by atoms with Crippen molar-refractivity contribution in [3.63, 3.8) is 0 Å². The van der Waals surface area contributed by atoms with Crippen LogP contribution in [0.3, 0.4) is 0 Å². The van der Waals surface area contributed by atoms with Crippen LogP contribution in [0.1, 0.15) is 5.56 Å². The van der Waals surface area contributed by atoms with E-state index in [1.807, 2.05) is 41.1 Å². The van der Waals surface area contributed by atoms with Crippen LogP contribution in [-0.4, -0.2) is 28.9 Å². The Kier molecular flexibility index (Phi) is 3.70. The summed E-state index contributed by atoms with van der Waals surface area (Å²) in [5.41, 5.74) is 3.42. The average molecular weight is 318 g/mol. The summed E-state index contributed by atoms with van der Waals surface area (Å²) in [6.07, 6.45) is 14.3. The first kappa shape index (κ1) is 14.4. The van der Waals surface area contributed by atoms with E-state index >= 15 is 0 Å². The van der Waals surface area contributed by atoms with Crippen molar-refractivity contribution in [3.8, 4) is 17.1 Å². The third kappa shape index (κ3) is 2.86. The molecule has 4 aromatic rings. The van der Waals surface area contributed by atoms with E-state index in [0.717, 1.165) is 30.0 Å². The summed E-state index contributed by atoms with van der Waals surface area (Å²) in [7, 11) is 1.94. The third-order valence-electron chi connectivity index (χ3n) is 4.04. The van der Waals surface area contributed by atoms with Crippen molar-refractivity contribution in [2.75, 3.05) is 0 Å². The molecule has 0 fully saturated rings. The Morgan fingerprint density at radius 2 is 1.92 bits per heavy atom. The molecule has 0 aliphatic carbocycles. The van der Waals surface area contributed by atoms with Crippen LogP contribution in [0.2, 0.25) is 0 Å². The molecule has 0 unspecified atom stereocenters. The molecule has 0 saturated heterocycles. The summed E-state index contributed by atoms with van der Waals surface area (Å²) in [5.74, 6) is 0.982. The topological polar surface area (TPSA) is 53.5 Å². The van der Waals surface area contributed by atoms with Crippen LogP contribution in [0.25, 0.3) is 17.1 Å². The van der Waals surface area contributed by atoms with Crippen molar-refractivity contribution in [1.82, 2.24) is 28.9 Å². The van der Waals surface area contributed by atoms with E-state index in [1.165, 1.54) is 5.56 Å². The average Bonchev–Trinajstić information content (AvgIpc) is 3.35. The molecule has 3 aromatic heterocycles. The second-order valence-electron chi connectivity index (χ2n) is 5.73. The molecule has 6 heteroatoms. The Bertz CT molecular complexity index is 915. The van der Waals surface area contributed by atoms with Crippen molar-refractivity contribution >= 4 is 0 Å². The van der Waals surface area contributed by atoms with Crippen LogP contribution in [0, 0.1) is 0 Å². The normalized spacial score (nSPS) is 11.0. The van der Waals surface area contributed by atoms with Gasteiger partial charge in [-0.25, -0.2) is 9.97 Å². The fourth-order valence-corrected chi connectivity index (χ4v) is 2.79. The summed E-state index contributed by atoms with van der Waals surface area (Å²) in [6, 6.07) is 8.35. The van der Waals surface area contributed by atoms with Crippen molar-refractivity contribution in [3.05, 3.63) is 73.3 Å². The van der Waals surface area contributed by atoms with Crippen LogP contribution in [-0.2, 0) is 20.0 Å². The number of rotatable bonds is 5. The van der Waals surface area contributed by atoms with Crippen molar-refractivity contribution in [2.45, 2.75) is 13.0 Å². The van der Waals surface area contributed by atoms with E-state index in [2.05, 4.69) is 50.1 Å². The zero-order chi connectivity index (χ0) is 16.4. The lowest BCUT2D eigenvalue weighted by Gasteiger charge is -2.08. The van der Waals surface area contributed by atoms with Crippen LogP contribution in [0.5, 0.6) is 0 Å². The lowest BCUT2D eigenvalue weighted by Crippen LogP contribution is -2.02. The molecular weight excluding hydrogens is 300 g/mol. The molecule has 0 radical (unpaired) electrons. The largest absolute Gasteiger partial charge is 0.331 e. The van der Waals surface area contributed by atoms with E-state index in [0.29, 0.717) is 0 Å². The van der Waals surface area contributed by atoms with E-state index in [9.17, 15) is 0 Å². The molecule has 1 aromatic carbocycles. The minimum absolute atomic E-state index is 0.879. The van der Waals surface area contributed by atoms with Gasteiger partial charge in [0.15, 0.2) is 0 Å². The summed E-state index contributed by atoms with van der Waals surface area (Å²) < 4.78 is 6.00. The second-order valence-corrected chi connectivity index (χ2v) is 5.73. The molecule has 0 N–H and O–H groups in total. The summed E-state index contributed by atoms with van der Waals surface area (Å²) in [6.45, 7) is 0.879. The van der Waals surface area contributed by atoms with Crippen LogP contribution >= 0.6 is 0 Å². The van der Waals surface area contributed by atoms with Gasteiger partial charge in [-0.1, -0.05) is 0 Å². The summed E-state index contributed by atoms with van der Waals surface area (Å²) >= 11 is 0. The Morgan fingerprint density at radius 1 is 1.04 bits per heavy atom. The fourth-order valence-electron chi connectivity index (χ4n) is 2.79. The number of nitrogens with zero attached hydrogens (tertiary/aromatic N) is 6. The number of aryl methyl sites for hydroxylation is 3. The molecule has 4 rings (SSSR count). The number of benzene rings is 1. The van der Waals surface area contributed by atoms with E-state index in [4.69, 9.17) is 0 Å². The maximum absolute atomic E-state index is 4.52. The lowest BCUT2D eigenvalue weighted by atomic mass is 10.2. The van der Waals surface area contributed by atoms with E-state index < -0.39 is 0 Å². The first-order valence-electron chi connectivity index (χ1n) is 7.87. The van der Waals surface area contributed by atoms with Gasteiger partial charge in [0.05, 0.1) is 12.5 Å². The van der Waals surface area contributed by atoms with Gasteiger partial charge in [-0.3, -0.25) is 4.68 Å².